The molecule has 2 aromatic carbocycles. The number of rotatable bonds is 5. The maximum atomic E-state index is 13.3. The van der Waals surface area contributed by atoms with E-state index < -0.39 is 23.3 Å². The minimum atomic E-state index is -1.31. The molecule has 29 heavy (non-hydrogen) atoms. The van der Waals surface area contributed by atoms with E-state index in [4.69, 9.17) is 0 Å². The van der Waals surface area contributed by atoms with Crippen LogP contribution in [-0.4, -0.2) is 34.2 Å². The van der Waals surface area contributed by atoms with E-state index in [0.717, 1.165) is 15.8 Å². The number of carbonyl (C=O) groups excluding carboxylic acids is 3. The first kappa shape index (κ1) is 18.9. The van der Waals surface area contributed by atoms with Crippen LogP contribution in [0.15, 0.2) is 48.5 Å². The zero-order chi connectivity index (χ0) is 20.8. The first-order chi connectivity index (χ1) is 13.9. The summed E-state index contributed by atoms with van der Waals surface area (Å²) >= 11 is 0. The van der Waals surface area contributed by atoms with E-state index in [-0.39, 0.29) is 18.7 Å². The SMILES string of the molecule is CC[C@@]1(c2ccc(F)cc2)NC(=O)N(CC(=O)c2c(C)[nH]c3ccccc23)C1=O. The lowest BCUT2D eigenvalue weighted by molar-refractivity contribution is -0.131. The third-order valence-corrected chi connectivity index (χ3v) is 5.52. The number of para-hydroxylation sites is 1. The molecule has 1 aliphatic heterocycles. The van der Waals surface area contributed by atoms with Crippen molar-refractivity contribution in [3.8, 4) is 0 Å². The van der Waals surface area contributed by atoms with Gasteiger partial charge in [0.1, 0.15) is 11.4 Å². The zero-order valence-electron chi connectivity index (χ0n) is 16.1. The minimum Gasteiger partial charge on any atom is -0.358 e. The number of amides is 3. The number of hydrogen-bond donors (Lipinski definition) is 2. The molecule has 7 heteroatoms. The van der Waals surface area contributed by atoms with Gasteiger partial charge in [-0.2, -0.15) is 0 Å². The van der Waals surface area contributed by atoms with Crippen molar-refractivity contribution in [1.29, 1.82) is 0 Å². The Morgan fingerprint density at radius 1 is 1.10 bits per heavy atom. The highest BCUT2D eigenvalue weighted by molar-refractivity contribution is 6.15. The molecule has 1 aromatic heterocycles. The number of nitrogens with one attached hydrogen (secondary N) is 2. The largest absolute Gasteiger partial charge is 0.358 e. The number of imide groups is 1. The Kier molecular flexibility index (Phi) is 4.45. The Balaban J connectivity index is 1.66. The van der Waals surface area contributed by atoms with Gasteiger partial charge in [0.25, 0.3) is 5.91 Å². The third kappa shape index (κ3) is 2.90. The topological polar surface area (TPSA) is 82.3 Å². The summed E-state index contributed by atoms with van der Waals surface area (Å²) < 4.78 is 13.3. The molecule has 6 nitrogen and oxygen atoms in total. The molecule has 0 bridgehead atoms. The summed E-state index contributed by atoms with van der Waals surface area (Å²) in [6.07, 6.45) is 0.278. The lowest BCUT2D eigenvalue weighted by Gasteiger charge is -2.25. The Bertz CT molecular complexity index is 1140. The molecule has 0 spiro atoms. The summed E-state index contributed by atoms with van der Waals surface area (Å²) in [5, 5.41) is 3.46. The second kappa shape index (κ2) is 6.84. The van der Waals surface area contributed by atoms with Gasteiger partial charge in [-0.15, -0.1) is 0 Å². The van der Waals surface area contributed by atoms with Crippen LogP contribution in [0.5, 0.6) is 0 Å². The Hall–Kier alpha value is -3.48. The monoisotopic (exact) mass is 393 g/mol. The lowest BCUT2D eigenvalue weighted by atomic mass is 9.87. The van der Waals surface area contributed by atoms with Crippen LogP contribution in [0.1, 0.15) is 35.0 Å². The van der Waals surface area contributed by atoms with E-state index in [1.54, 1.807) is 13.8 Å². The average molecular weight is 393 g/mol. The van der Waals surface area contributed by atoms with Crippen molar-refractivity contribution < 1.29 is 18.8 Å². The van der Waals surface area contributed by atoms with Crippen LogP contribution in [0.4, 0.5) is 9.18 Å². The van der Waals surface area contributed by atoms with Crippen molar-refractivity contribution in [2.75, 3.05) is 6.54 Å². The number of aromatic amines is 1. The van der Waals surface area contributed by atoms with Crippen LogP contribution in [0, 0.1) is 12.7 Å². The van der Waals surface area contributed by atoms with Crippen molar-refractivity contribution in [1.82, 2.24) is 15.2 Å². The molecule has 148 valence electrons. The fourth-order valence-corrected chi connectivity index (χ4v) is 4.00. The normalized spacial score (nSPS) is 19.1. The van der Waals surface area contributed by atoms with Crippen LogP contribution in [0.25, 0.3) is 10.9 Å². The number of carbonyl (C=O) groups is 3. The highest BCUT2D eigenvalue weighted by Gasteiger charge is 2.51. The average Bonchev–Trinajstić information content (AvgIpc) is 3.17. The van der Waals surface area contributed by atoms with Crippen molar-refractivity contribution in [3.63, 3.8) is 0 Å². The van der Waals surface area contributed by atoms with Gasteiger partial charge in [0.15, 0.2) is 5.78 Å². The highest BCUT2D eigenvalue weighted by Crippen LogP contribution is 2.33. The molecule has 1 saturated heterocycles. The number of fused-ring (bicyclic) bond motifs is 1. The van der Waals surface area contributed by atoms with Gasteiger partial charge in [-0.1, -0.05) is 37.3 Å². The number of Topliss-reactive ketones (excluding diaryl/α,β-unsaturated/α-hetero) is 1. The molecular weight excluding hydrogens is 373 g/mol. The molecule has 1 aliphatic rings. The molecule has 2 heterocycles. The summed E-state index contributed by atoms with van der Waals surface area (Å²) in [5.41, 5.74) is 1.15. The van der Waals surface area contributed by atoms with Gasteiger partial charge in [-0.25, -0.2) is 9.18 Å². The second-order valence-corrected chi connectivity index (χ2v) is 7.18. The molecule has 3 aromatic rings. The Labute approximate surface area is 166 Å². The van der Waals surface area contributed by atoms with Crippen LogP contribution < -0.4 is 5.32 Å². The molecule has 4 rings (SSSR count). The molecule has 0 radical (unpaired) electrons. The predicted molar refractivity (Wildman–Crippen MR) is 106 cm³/mol. The van der Waals surface area contributed by atoms with Crippen LogP contribution in [0.3, 0.4) is 0 Å². The molecule has 1 fully saturated rings. The summed E-state index contributed by atoms with van der Waals surface area (Å²) in [7, 11) is 0. The number of hydrogen-bond acceptors (Lipinski definition) is 3. The number of benzene rings is 2. The predicted octanol–water partition coefficient (Wildman–Crippen LogP) is 3.66. The van der Waals surface area contributed by atoms with E-state index in [1.165, 1.54) is 24.3 Å². The van der Waals surface area contributed by atoms with Gasteiger partial charge >= 0.3 is 6.03 Å². The maximum absolute atomic E-state index is 13.3. The fourth-order valence-electron chi connectivity index (χ4n) is 4.00. The van der Waals surface area contributed by atoms with Crippen LogP contribution >= 0.6 is 0 Å². The summed E-state index contributed by atoms with van der Waals surface area (Å²) in [6.45, 7) is 3.18. The van der Waals surface area contributed by atoms with Crippen molar-refractivity contribution in [2.45, 2.75) is 25.8 Å². The number of halogens is 1. The number of nitrogens with zero attached hydrogens (tertiary/aromatic N) is 1. The maximum Gasteiger partial charge on any atom is 0.325 e. The second-order valence-electron chi connectivity index (χ2n) is 7.18. The molecule has 0 aliphatic carbocycles. The lowest BCUT2D eigenvalue weighted by Crippen LogP contribution is -2.43. The van der Waals surface area contributed by atoms with Gasteiger partial charge < -0.3 is 10.3 Å². The van der Waals surface area contributed by atoms with Gasteiger partial charge in [0.2, 0.25) is 0 Å². The number of H-pyrrole nitrogens is 1. The molecule has 1 atom stereocenters. The smallest absolute Gasteiger partial charge is 0.325 e. The van der Waals surface area contributed by atoms with E-state index in [1.807, 2.05) is 24.3 Å². The molecule has 0 unspecified atom stereocenters. The van der Waals surface area contributed by atoms with Crippen molar-refractivity contribution in [2.24, 2.45) is 0 Å². The number of urea groups is 1. The van der Waals surface area contributed by atoms with E-state index >= 15 is 0 Å². The van der Waals surface area contributed by atoms with E-state index in [2.05, 4.69) is 10.3 Å². The van der Waals surface area contributed by atoms with Gasteiger partial charge in [-0.05, 0) is 37.1 Å². The highest BCUT2D eigenvalue weighted by atomic mass is 19.1. The summed E-state index contributed by atoms with van der Waals surface area (Å²) in [5.74, 6) is -1.27. The van der Waals surface area contributed by atoms with Crippen LogP contribution in [0.2, 0.25) is 0 Å². The molecular formula is C22H20FN3O3. The first-order valence-electron chi connectivity index (χ1n) is 9.38. The zero-order valence-corrected chi connectivity index (χ0v) is 16.1. The number of ketones is 1. The van der Waals surface area contributed by atoms with Gasteiger partial charge in [-0.3, -0.25) is 14.5 Å². The van der Waals surface area contributed by atoms with Crippen LogP contribution in [-0.2, 0) is 10.3 Å². The summed E-state index contributed by atoms with van der Waals surface area (Å²) in [6, 6.07) is 12.2. The van der Waals surface area contributed by atoms with Crippen molar-refractivity contribution in [3.05, 3.63) is 71.2 Å². The van der Waals surface area contributed by atoms with Gasteiger partial charge in [0, 0.05) is 22.2 Å². The molecule has 3 amide bonds. The first-order valence-corrected chi connectivity index (χ1v) is 9.38. The minimum absolute atomic E-state index is 0.278. The standard InChI is InChI=1S/C22H20FN3O3/c1-3-22(14-8-10-15(23)11-9-14)20(28)26(21(29)25-22)12-18(27)19-13(2)24-17-7-5-4-6-16(17)19/h4-11,24H,3,12H2,1-2H3,(H,25,29)/t22-/m0/s1. The third-order valence-electron chi connectivity index (χ3n) is 5.52. The Morgan fingerprint density at radius 2 is 1.79 bits per heavy atom. The van der Waals surface area contributed by atoms with Crippen molar-refractivity contribution >= 4 is 28.6 Å². The quantitative estimate of drug-likeness (QED) is 0.513. The van der Waals surface area contributed by atoms with Gasteiger partial charge in [0.05, 0.1) is 6.54 Å². The molecule has 2 N–H and O–H groups in total. The van der Waals surface area contributed by atoms with E-state index in [0.29, 0.717) is 16.8 Å². The Morgan fingerprint density at radius 3 is 2.48 bits per heavy atom. The van der Waals surface area contributed by atoms with E-state index in [9.17, 15) is 18.8 Å². The fraction of sp³-hybridized carbons (Fsp3) is 0.227. The number of aromatic nitrogens is 1. The number of aryl methyl sites for hydroxylation is 1. The summed E-state index contributed by atoms with van der Waals surface area (Å²) in [4.78, 5) is 42.9. The molecule has 0 saturated carbocycles.